The first-order valence-electron chi connectivity index (χ1n) is 11.3. The maximum absolute atomic E-state index is 14.0. The lowest BCUT2D eigenvalue weighted by Gasteiger charge is -2.33. The van der Waals surface area contributed by atoms with Gasteiger partial charge in [-0.05, 0) is 49.1 Å². The second-order valence-electron chi connectivity index (χ2n) is 8.05. The van der Waals surface area contributed by atoms with Gasteiger partial charge in [0.05, 0.1) is 11.7 Å². The van der Waals surface area contributed by atoms with Gasteiger partial charge in [-0.25, -0.2) is 0 Å². The Morgan fingerprint density at radius 1 is 0.848 bits per heavy atom. The van der Waals surface area contributed by atoms with Gasteiger partial charge in [-0.1, -0.05) is 79.7 Å². The number of rotatable bonds is 10. The standard InChI is InChI=1S/C27H31NO4S/c1-4-21(3)28(20-22-16-18-25(19-17-22)32-33(30,31)5-2)27(29)26(23-12-8-6-9-13-23)24-14-10-7-11-15-24/h6-19,21,26H,4-5,20H2,1-3H3. The van der Waals surface area contributed by atoms with Crippen molar-refractivity contribution in [3.05, 3.63) is 102 Å². The first-order chi connectivity index (χ1) is 15.8. The van der Waals surface area contributed by atoms with E-state index in [0.29, 0.717) is 6.54 Å². The number of carbonyl (C=O) groups is 1. The van der Waals surface area contributed by atoms with Crippen molar-refractivity contribution in [3.8, 4) is 5.75 Å². The lowest BCUT2D eigenvalue weighted by atomic mass is 9.89. The van der Waals surface area contributed by atoms with Crippen molar-refractivity contribution >= 4 is 16.0 Å². The summed E-state index contributed by atoms with van der Waals surface area (Å²) in [6.07, 6.45) is 0.817. The first-order valence-corrected chi connectivity index (χ1v) is 12.8. The summed E-state index contributed by atoms with van der Waals surface area (Å²) in [5, 5.41) is 0. The molecule has 0 saturated carbocycles. The Hall–Kier alpha value is -3.12. The lowest BCUT2D eigenvalue weighted by molar-refractivity contribution is -0.134. The van der Waals surface area contributed by atoms with Crippen LogP contribution in [0.15, 0.2) is 84.9 Å². The molecule has 1 unspecified atom stereocenters. The number of benzene rings is 3. The molecule has 0 N–H and O–H groups in total. The topological polar surface area (TPSA) is 63.7 Å². The van der Waals surface area contributed by atoms with Crippen molar-refractivity contribution in [2.24, 2.45) is 0 Å². The highest BCUT2D eigenvalue weighted by Crippen LogP contribution is 2.29. The third-order valence-electron chi connectivity index (χ3n) is 5.77. The monoisotopic (exact) mass is 465 g/mol. The van der Waals surface area contributed by atoms with Crippen LogP contribution in [0.25, 0.3) is 0 Å². The Bertz CT molecular complexity index is 1090. The fourth-order valence-electron chi connectivity index (χ4n) is 3.66. The summed E-state index contributed by atoms with van der Waals surface area (Å²) < 4.78 is 28.5. The van der Waals surface area contributed by atoms with Gasteiger partial charge >= 0.3 is 10.1 Å². The highest BCUT2D eigenvalue weighted by Gasteiger charge is 2.29. The predicted octanol–water partition coefficient (Wildman–Crippen LogP) is 5.37. The zero-order chi connectivity index (χ0) is 23.8. The zero-order valence-electron chi connectivity index (χ0n) is 19.3. The van der Waals surface area contributed by atoms with Gasteiger partial charge < -0.3 is 9.08 Å². The molecule has 0 aliphatic heterocycles. The van der Waals surface area contributed by atoms with Crippen LogP contribution in [0.1, 0.15) is 49.8 Å². The van der Waals surface area contributed by atoms with Crippen LogP contribution in [0.2, 0.25) is 0 Å². The van der Waals surface area contributed by atoms with Gasteiger partial charge in [0.1, 0.15) is 5.75 Å². The van der Waals surface area contributed by atoms with E-state index in [4.69, 9.17) is 4.18 Å². The van der Waals surface area contributed by atoms with E-state index >= 15 is 0 Å². The second kappa shape index (κ2) is 11.1. The molecule has 0 spiro atoms. The molecule has 1 amide bonds. The third-order valence-corrected chi connectivity index (χ3v) is 6.93. The third kappa shape index (κ3) is 6.45. The van der Waals surface area contributed by atoms with Crippen LogP contribution in [-0.2, 0) is 21.5 Å². The fourth-order valence-corrected chi connectivity index (χ4v) is 4.18. The zero-order valence-corrected chi connectivity index (χ0v) is 20.2. The highest BCUT2D eigenvalue weighted by molar-refractivity contribution is 7.87. The average Bonchev–Trinajstić information content (AvgIpc) is 2.84. The minimum Gasteiger partial charge on any atom is -0.382 e. The van der Waals surface area contributed by atoms with E-state index in [0.717, 1.165) is 23.1 Å². The molecule has 3 rings (SSSR count). The maximum Gasteiger partial charge on any atom is 0.308 e. The average molecular weight is 466 g/mol. The van der Waals surface area contributed by atoms with Crippen LogP contribution >= 0.6 is 0 Å². The van der Waals surface area contributed by atoms with Crippen LogP contribution in [0, 0.1) is 0 Å². The van der Waals surface area contributed by atoms with Gasteiger partial charge in [0, 0.05) is 12.6 Å². The number of amides is 1. The number of hydrogen-bond donors (Lipinski definition) is 0. The molecule has 3 aromatic rings. The SMILES string of the molecule is CCC(C)N(Cc1ccc(OS(=O)(=O)CC)cc1)C(=O)C(c1ccccc1)c1ccccc1. The molecule has 0 aromatic heterocycles. The largest absolute Gasteiger partial charge is 0.382 e. The Morgan fingerprint density at radius 3 is 1.82 bits per heavy atom. The summed E-state index contributed by atoms with van der Waals surface area (Å²) in [6.45, 7) is 6.08. The Labute approximate surface area is 197 Å². The molecule has 0 heterocycles. The molecular formula is C27H31NO4S. The van der Waals surface area contributed by atoms with Crippen LogP contribution in [0.5, 0.6) is 5.75 Å². The second-order valence-corrected chi connectivity index (χ2v) is 9.91. The van der Waals surface area contributed by atoms with Gasteiger partial charge in [0.25, 0.3) is 0 Å². The summed E-state index contributed by atoms with van der Waals surface area (Å²) in [5.74, 6) is -0.186. The van der Waals surface area contributed by atoms with Gasteiger partial charge in [0.2, 0.25) is 5.91 Å². The minimum absolute atomic E-state index is 0.0313. The van der Waals surface area contributed by atoms with Gasteiger partial charge in [-0.2, -0.15) is 8.42 Å². The van der Waals surface area contributed by atoms with Crippen molar-refractivity contribution < 1.29 is 17.4 Å². The molecule has 0 bridgehead atoms. The predicted molar refractivity (Wildman–Crippen MR) is 132 cm³/mol. The van der Waals surface area contributed by atoms with Crippen LogP contribution < -0.4 is 4.18 Å². The van der Waals surface area contributed by atoms with Crippen LogP contribution in [0.4, 0.5) is 0 Å². The molecular weight excluding hydrogens is 434 g/mol. The van der Waals surface area contributed by atoms with E-state index in [-0.39, 0.29) is 23.5 Å². The highest BCUT2D eigenvalue weighted by atomic mass is 32.2. The summed E-state index contributed by atoms with van der Waals surface area (Å²) in [5.41, 5.74) is 2.82. The summed E-state index contributed by atoms with van der Waals surface area (Å²) in [7, 11) is -3.58. The van der Waals surface area contributed by atoms with E-state index in [1.54, 1.807) is 12.1 Å². The summed E-state index contributed by atoms with van der Waals surface area (Å²) in [4.78, 5) is 15.9. The van der Waals surface area contributed by atoms with Crippen molar-refractivity contribution in [2.45, 2.75) is 45.7 Å². The molecule has 0 aliphatic carbocycles. The van der Waals surface area contributed by atoms with Crippen molar-refractivity contribution in [2.75, 3.05) is 5.75 Å². The summed E-state index contributed by atoms with van der Waals surface area (Å²) >= 11 is 0. The smallest absolute Gasteiger partial charge is 0.308 e. The van der Waals surface area contributed by atoms with Crippen molar-refractivity contribution in [1.82, 2.24) is 4.90 Å². The van der Waals surface area contributed by atoms with Gasteiger partial charge in [-0.15, -0.1) is 0 Å². The van der Waals surface area contributed by atoms with Gasteiger partial charge in [0.15, 0.2) is 0 Å². The Morgan fingerprint density at radius 2 is 1.36 bits per heavy atom. The maximum atomic E-state index is 14.0. The molecule has 1 atom stereocenters. The van der Waals surface area contributed by atoms with Crippen LogP contribution in [0.3, 0.4) is 0 Å². The van der Waals surface area contributed by atoms with Crippen molar-refractivity contribution in [1.29, 1.82) is 0 Å². The normalized spacial score (nSPS) is 12.4. The quantitative estimate of drug-likeness (QED) is 0.378. The van der Waals surface area contributed by atoms with E-state index in [1.807, 2.05) is 77.7 Å². The number of hydrogen-bond acceptors (Lipinski definition) is 4. The fraction of sp³-hybridized carbons (Fsp3) is 0.296. The van der Waals surface area contributed by atoms with E-state index in [2.05, 4.69) is 13.8 Å². The molecule has 0 aliphatic rings. The Balaban J connectivity index is 1.90. The van der Waals surface area contributed by atoms with Gasteiger partial charge in [-0.3, -0.25) is 4.79 Å². The molecule has 6 heteroatoms. The van der Waals surface area contributed by atoms with E-state index in [9.17, 15) is 13.2 Å². The van der Waals surface area contributed by atoms with E-state index < -0.39 is 16.0 Å². The number of carbonyl (C=O) groups excluding carboxylic acids is 1. The molecule has 3 aromatic carbocycles. The number of nitrogens with zero attached hydrogens (tertiary/aromatic N) is 1. The molecule has 0 radical (unpaired) electrons. The minimum atomic E-state index is -3.58. The molecule has 5 nitrogen and oxygen atoms in total. The van der Waals surface area contributed by atoms with E-state index in [1.165, 1.54) is 6.92 Å². The van der Waals surface area contributed by atoms with Crippen molar-refractivity contribution in [3.63, 3.8) is 0 Å². The van der Waals surface area contributed by atoms with Crippen LogP contribution in [-0.4, -0.2) is 31.0 Å². The summed E-state index contributed by atoms with van der Waals surface area (Å²) in [6, 6.07) is 26.6. The molecule has 0 saturated heterocycles. The molecule has 33 heavy (non-hydrogen) atoms. The lowest BCUT2D eigenvalue weighted by Crippen LogP contribution is -2.41. The Kier molecular flexibility index (Phi) is 8.28. The first kappa shape index (κ1) is 24.5. The molecule has 0 fully saturated rings. The molecule has 174 valence electrons.